The lowest BCUT2D eigenvalue weighted by Crippen LogP contribution is -2.41. The maximum Gasteiger partial charge on any atom is 0.319 e. The summed E-state index contributed by atoms with van der Waals surface area (Å²) in [4.78, 5) is 16.6. The molecule has 122 valence electrons. The molecule has 0 aliphatic rings. The van der Waals surface area contributed by atoms with Gasteiger partial charge in [-0.25, -0.2) is 4.79 Å². The number of nitrogens with one attached hydrogen (secondary N) is 2. The fraction of sp³-hybridized carbons (Fsp3) is 0.158. The number of rotatable bonds is 5. The molecule has 1 heterocycles. The minimum Gasteiger partial charge on any atom is -0.394 e. The van der Waals surface area contributed by atoms with Gasteiger partial charge in [-0.05, 0) is 24.1 Å². The molecule has 0 radical (unpaired) electrons. The van der Waals surface area contributed by atoms with Gasteiger partial charge in [-0.1, -0.05) is 48.5 Å². The number of carbonyl (C=O) groups excluding carboxylic acids is 1. The quantitative estimate of drug-likeness (QED) is 0.676. The SMILES string of the molecule is O=C(Nc1cccc2cccnc12)N[C@H](CO)Cc1ccccc1. The Hall–Kier alpha value is -2.92. The van der Waals surface area contributed by atoms with Gasteiger partial charge in [0.2, 0.25) is 0 Å². The normalized spacial score (nSPS) is 11.9. The van der Waals surface area contributed by atoms with Crippen molar-refractivity contribution in [3.8, 4) is 0 Å². The van der Waals surface area contributed by atoms with Crippen LogP contribution in [0.2, 0.25) is 0 Å². The van der Waals surface area contributed by atoms with E-state index in [1.54, 1.807) is 12.3 Å². The van der Waals surface area contributed by atoms with Crippen LogP contribution in [0.25, 0.3) is 10.9 Å². The minimum atomic E-state index is -0.358. The fourth-order valence-corrected chi connectivity index (χ4v) is 2.61. The summed E-state index contributed by atoms with van der Waals surface area (Å²) in [5, 5.41) is 16.1. The molecule has 3 N–H and O–H groups in total. The van der Waals surface area contributed by atoms with Crippen LogP contribution in [0.15, 0.2) is 66.9 Å². The largest absolute Gasteiger partial charge is 0.394 e. The molecule has 0 aliphatic heterocycles. The zero-order chi connectivity index (χ0) is 16.8. The summed E-state index contributed by atoms with van der Waals surface area (Å²) in [6.45, 7) is -0.129. The first-order chi connectivity index (χ1) is 11.8. The molecule has 0 aliphatic carbocycles. The number of nitrogens with zero attached hydrogens (tertiary/aromatic N) is 1. The average molecular weight is 321 g/mol. The van der Waals surface area contributed by atoms with Crippen molar-refractivity contribution in [3.63, 3.8) is 0 Å². The van der Waals surface area contributed by atoms with Crippen LogP contribution in [-0.2, 0) is 6.42 Å². The third kappa shape index (κ3) is 3.88. The van der Waals surface area contributed by atoms with Gasteiger partial charge in [0.1, 0.15) is 0 Å². The maximum atomic E-state index is 12.3. The van der Waals surface area contributed by atoms with Gasteiger partial charge in [-0.15, -0.1) is 0 Å². The molecular formula is C19H19N3O2. The minimum absolute atomic E-state index is 0.129. The number of aliphatic hydroxyl groups is 1. The molecule has 2 aromatic carbocycles. The van der Waals surface area contributed by atoms with Crippen LogP contribution in [-0.4, -0.2) is 28.8 Å². The van der Waals surface area contributed by atoms with Crippen molar-refractivity contribution in [2.75, 3.05) is 11.9 Å². The highest BCUT2D eigenvalue weighted by Gasteiger charge is 2.13. The van der Waals surface area contributed by atoms with Gasteiger partial charge < -0.3 is 15.7 Å². The summed E-state index contributed by atoms with van der Waals surface area (Å²) >= 11 is 0. The van der Waals surface area contributed by atoms with E-state index >= 15 is 0 Å². The van der Waals surface area contributed by atoms with Gasteiger partial charge >= 0.3 is 6.03 Å². The zero-order valence-electron chi connectivity index (χ0n) is 13.1. The number of para-hydroxylation sites is 1. The molecular weight excluding hydrogens is 302 g/mol. The molecule has 1 atom stereocenters. The van der Waals surface area contributed by atoms with Crippen molar-refractivity contribution >= 4 is 22.6 Å². The predicted molar refractivity (Wildman–Crippen MR) is 94.9 cm³/mol. The van der Waals surface area contributed by atoms with E-state index in [2.05, 4.69) is 15.6 Å². The Morgan fingerprint density at radius 3 is 2.62 bits per heavy atom. The van der Waals surface area contributed by atoms with Crippen LogP contribution >= 0.6 is 0 Å². The molecule has 0 saturated heterocycles. The van der Waals surface area contributed by atoms with Gasteiger partial charge in [0.05, 0.1) is 23.9 Å². The summed E-state index contributed by atoms with van der Waals surface area (Å²) in [5.74, 6) is 0. The highest BCUT2D eigenvalue weighted by Crippen LogP contribution is 2.20. The molecule has 0 fully saturated rings. The van der Waals surface area contributed by atoms with Crippen LogP contribution in [0.4, 0.5) is 10.5 Å². The number of benzene rings is 2. The Bertz CT molecular complexity index is 816. The number of pyridine rings is 1. The number of fused-ring (bicyclic) bond motifs is 1. The van der Waals surface area contributed by atoms with Gasteiger partial charge in [0, 0.05) is 11.6 Å². The molecule has 0 saturated carbocycles. The summed E-state index contributed by atoms with van der Waals surface area (Å²) in [5.41, 5.74) is 2.43. The van der Waals surface area contributed by atoms with E-state index in [4.69, 9.17) is 0 Å². The van der Waals surface area contributed by atoms with E-state index in [0.29, 0.717) is 12.1 Å². The number of carbonyl (C=O) groups is 1. The number of amides is 2. The molecule has 5 nitrogen and oxygen atoms in total. The van der Waals surface area contributed by atoms with Gasteiger partial charge in [-0.3, -0.25) is 4.98 Å². The molecule has 3 rings (SSSR count). The molecule has 24 heavy (non-hydrogen) atoms. The van der Waals surface area contributed by atoms with Crippen LogP contribution in [0.5, 0.6) is 0 Å². The van der Waals surface area contributed by atoms with E-state index in [1.165, 1.54) is 0 Å². The first-order valence-electron chi connectivity index (χ1n) is 7.82. The number of hydrogen-bond acceptors (Lipinski definition) is 3. The highest BCUT2D eigenvalue weighted by molar-refractivity contribution is 5.99. The lowest BCUT2D eigenvalue weighted by Gasteiger charge is -2.17. The van der Waals surface area contributed by atoms with Gasteiger partial charge in [-0.2, -0.15) is 0 Å². The van der Waals surface area contributed by atoms with Crippen LogP contribution in [0, 0.1) is 0 Å². The molecule has 5 heteroatoms. The molecule has 3 aromatic rings. The van der Waals surface area contributed by atoms with Crippen molar-refractivity contribution in [2.45, 2.75) is 12.5 Å². The second-order valence-corrected chi connectivity index (χ2v) is 5.55. The first kappa shape index (κ1) is 16.0. The summed E-state index contributed by atoms with van der Waals surface area (Å²) in [6, 6.07) is 18.4. The van der Waals surface area contributed by atoms with Gasteiger partial charge in [0.25, 0.3) is 0 Å². The molecule has 0 bridgehead atoms. The lowest BCUT2D eigenvalue weighted by molar-refractivity contribution is 0.224. The highest BCUT2D eigenvalue weighted by atomic mass is 16.3. The number of anilines is 1. The summed E-state index contributed by atoms with van der Waals surface area (Å²) < 4.78 is 0. The smallest absolute Gasteiger partial charge is 0.319 e. The third-order valence-corrected chi connectivity index (χ3v) is 3.76. The van der Waals surface area contributed by atoms with Crippen molar-refractivity contribution in [1.29, 1.82) is 0 Å². The number of urea groups is 1. The maximum absolute atomic E-state index is 12.3. The van der Waals surface area contributed by atoms with E-state index in [-0.39, 0.29) is 18.7 Å². The van der Waals surface area contributed by atoms with Gasteiger partial charge in [0.15, 0.2) is 0 Å². The van der Waals surface area contributed by atoms with Crippen molar-refractivity contribution in [1.82, 2.24) is 10.3 Å². The zero-order valence-corrected chi connectivity index (χ0v) is 13.1. The standard InChI is InChI=1S/C19H19N3O2/c23-13-16(12-14-6-2-1-3-7-14)21-19(24)22-17-10-4-8-15-9-5-11-20-18(15)17/h1-11,16,23H,12-13H2,(H2,21,22,24)/t16-/m0/s1. The predicted octanol–water partition coefficient (Wildman–Crippen LogP) is 2.96. The van der Waals surface area contributed by atoms with E-state index in [1.807, 2.05) is 54.6 Å². The fourth-order valence-electron chi connectivity index (χ4n) is 2.61. The third-order valence-electron chi connectivity index (χ3n) is 3.76. The van der Waals surface area contributed by atoms with Crippen LogP contribution in [0.3, 0.4) is 0 Å². The second kappa shape index (κ2) is 7.57. The van der Waals surface area contributed by atoms with Crippen molar-refractivity contribution < 1.29 is 9.90 Å². The topological polar surface area (TPSA) is 74.2 Å². The second-order valence-electron chi connectivity index (χ2n) is 5.55. The van der Waals surface area contributed by atoms with Crippen LogP contribution in [0.1, 0.15) is 5.56 Å². The number of aromatic nitrogens is 1. The van der Waals surface area contributed by atoms with Crippen LogP contribution < -0.4 is 10.6 Å². The molecule has 2 amide bonds. The van der Waals surface area contributed by atoms with E-state index < -0.39 is 0 Å². The Balaban J connectivity index is 1.67. The summed E-state index contributed by atoms with van der Waals surface area (Å²) in [7, 11) is 0. The molecule has 0 unspecified atom stereocenters. The molecule has 0 spiro atoms. The Morgan fingerprint density at radius 2 is 1.83 bits per heavy atom. The average Bonchev–Trinajstić information content (AvgIpc) is 2.62. The number of hydrogen-bond donors (Lipinski definition) is 3. The van der Waals surface area contributed by atoms with E-state index in [9.17, 15) is 9.90 Å². The molecule has 1 aromatic heterocycles. The van der Waals surface area contributed by atoms with Crippen molar-refractivity contribution in [2.24, 2.45) is 0 Å². The lowest BCUT2D eigenvalue weighted by atomic mass is 10.1. The Labute approximate surface area is 140 Å². The first-order valence-corrected chi connectivity index (χ1v) is 7.82. The summed E-state index contributed by atoms with van der Waals surface area (Å²) in [6.07, 6.45) is 2.26. The number of aliphatic hydroxyl groups excluding tert-OH is 1. The van der Waals surface area contributed by atoms with Crippen molar-refractivity contribution in [3.05, 3.63) is 72.4 Å². The van der Waals surface area contributed by atoms with E-state index in [0.717, 1.165) is 16.5 Å². The Kier molecular flexibility index (Phi) is 5.03. The Morgan fingerprint density at radius 1 is 1.04 bits per heavy atom. The monoisotopic (exact) mass is 321 g/mol.